The standard InChI is InChI=1S/C14H19F3N2O2/c1-21-10-4-8-19-13(20)7-9-18-12-6-3-2-5-11(12)14(15,16)17/h2-3,5-6,18H,4,7-10H2,1H3,(H,19,20). The van der Waals surface area contributed by atoms with Crippen molar-refractivity contribution >= 4 is 11.6 Å². The van der Waals surface area contributed by atoms with Gasteiger partial charge in [0.2, 0.25) is 5.91 Å². The second kappa shape index (κ2) is 8.51. The number of carbonyl (C=O) groups excluding carboxylic acids is 1. The third-order valence-electron chi connectivity index (χ3n) is 2.75. The Morgan fingerprint density at radius 2 is 1.95 bits per heavy atom. The zero-order valence-electron chi connectivity index (χ0n) is 11.8. The Morgan fingerprint density at radius 3 is 2.62 bits per heavy atom. The van der Waals surface area contributed by atoms with Gasteiger partial charge in [0.15, 0.2) is 0 Å². The number of alkyl halides is 3. The summed E-state index contributed by atoms with van der Waals surface area (Å²) in [6.07, 6.45) is -3.60. The highest BCUT2D eigenvalue weighted by Gasteiger charge is 2.32. The molecule has 118 valence electrons. The van der Waals surface area contributed by atoms with Gasteiger partial charge >= 0.3 is 6.18 Å². The van der Waals surface area contributed by atoms with E-state index >= 15 is 0 Å². The molecule has 2 N–H and O–H groups in total. The molecule has 1 rings (SSSR count). The monoisotopic (exact) mass is 304 g/mol. The van der Waals surface area contributed by atoms with E-state index in [-0.39, 0.29) is 24.6 Å². The normalized spacial score (nSPS) is 11.2. The number of carbonyl (C=O) groups is 1. The predicted molar refractivity (Wildman–Crippen MR) is 74.1 cm³/mol. The van der Waals surface area contributed by atoms with E-state index < -0.39 is 11.7 Å². The molecule has 0 radical (unpaired) electrons. The molecule has 0 fully saturated rings. The minimum atomic E-state index is -4.41. The fourth-order valence-corrected chi connectivity index (χ4v) is 1.73. The Kier molecular flexibility index (Phi) is 7.01. The highest BCUT2D eigenvalue weighted by Crippen LogP contribution is 2.34. The molecule has 0 bridgehead atoms. The third kappa shape index (κ3) is 6.48. The molecule has 0 atom stereocenters. The van der Waals surface area contributed by atoms with E-state index in [1.165, 1.54) is 18.2 Å². The number of amides is 1. The number of hydrogen-bond acceptors (Lipinski definition) is 3. The first kappa shape index (κ1) is 17.3. The summed E-state index contributed by atoms with van der Waals surface area (Å²) in [5.41, 5.74) is -0.748. The molecular formula is C14H19F3N2O2. The maximum atomic E-state index is 12.7. The van der Waals surface area contributed by atoms with Crippen molar-refractivity contribution in [2.45, 2.75) is 19.0 Å². The Hall–Kier alpha value is -1.76. The van der Waals surface area contributed by atoms with Gasteiger partial charge in [0.05, 0.1) is 5.56 Å². The molecule has 0 aliphatic carbocycles. The molecule has 0 heterocycles. The van der Waals surface area contributed by atoms with Crippen LogP contribution in [0.25, 0.3) is 0 Å². The van der Waals surface area contributed by atoms with E-state index in [0.29, 0.717) is 19.6 Å². The highest BCUT2D eigenvalue weighted by atomic mass is 19.4. The molecular weight excluding hydrogens is 285 g/mol. The van der Waals surface area contributed by atoms with E-state index in [0.717, 1.165) is 6.07 Å². The van der Waals surface area contributed by atoms with Crippen LogP contribution in [0.4, 0.5) is 18.9 Å². The van der Waals surface area contributed by atoms with Crippen LogP contribution in [0.5, 0.6) is 0 Å². The lowest BCUT2D eigenvalue weighted by molar-refractivity contribution is -0.137. The molecule has 0 saturated heterocycles. The zero-order valence-corrected chi connectivity index (χ0v) is 11.8. The maximum Gasteiger partial charge on any atom is 0.418 e. The number of hydrogen-bond donors (Lipinski definition) is 2. The summed E-state index contributed by atoms with van der Waals surface area (Å²) in [5.74, 6) is -0.205. The number of ether oxygens (including phenoxy) is 1. The van der Waals surface area contributed by atoms with Crippen molar-refractivity contribution in [2.75, 3.05) is 32.1 Å². The van der Waals surface area contributed by atoms with Crippen LogP contribution in [-0.4, -0.2) is 32.7 Å². The third-order valence-corrected chi connectivity index (χ3v) is 2.75. The van der Waals surface area contributed by atoms with Gasteiger partial charge in [-0.15, -0.1) is 0 Å². The van der Waals surface area contributed by atoms with Crippen molar-refractivity contribution in [3.05, 3.63) is 29.8 Å². The second-order valence-corrected chi connectivity index (χ2v) is 4.42. The van der Waals surface area contributed by atoms with E-state index in [4.69, 9.17) is 4.74 Å². The van der Waals surface area contributed by atoms with Crippen LogP contribution in [0.15, 0.2) is 24.3 Å². The van der Waals surface area contributed by atoms with Crippen LogP contribution < -0.4 is 10.6 Å². The SMILES string of the molecule is COCCCNC(=O)CCNc1ccccc1C(F)(F)F. The molecule has 1 aromatic carbocycles. The first-order valence-corrected chi connectivity index (χ1v) is 6.61. The lowest BCUT2D eigenvalue weighted by atomic mass is 10.1. The smallest absolute Gasteiger partial charge is 0.385 e. The summed E-state index contributed by atoms with van der Waals surface area (Å²) in [6.45, 7) is 1.19. The molecule has 0 aliphatic heterocycles. The predicted octanol–water partition coefficient (Wildman–Crippen LogP) is 2.66. The average Bonchev–Trinajstić information content (AvgIpc) is 2.43. The topological polar surface area (TPSA) is 50.4 Å². The molecule has 0 spiro atoms. The van der Waals surface area contributed by atoms with Gasteiger partial charge < -0.3 is 15.4 Å². The van der Waals surface area contributed by atoms with Gasteiger partial charge in [0.1, 0.15) is 0 Å². The number of benzene rings is 1. The molecule has 0 aromatic heterocycles. The molecule has 0 unspecified atom stereocenters. The number of halogens is 3. The van der Waals surface area contributed by atoms with Crippen molar-refractivity contribution in [1.82, 2.24) is 5.32 Å². The minimum absolute atomic E-state index is 0.0165. The molecule has 0 saturated carbocycles. The number of nitrogens with one attached hydrogen (secondary N) is 2. The van der Waals surface area contributed by atoms with Gasteiger partial charge in [-0.25, -0.2) is 0 Å². The van der Waals surface area contributed by atoms with E-state index in [1.54, 1.807) is 7.11 Å². The lowest BCUT2D eigenvalue weighted by Crippen LogP contribution is -2.27. The van der Waals surface area contributed by atoms with Crippen LogP contribution in [-0.2, 0) is 15.7 Å². The summed E-state index contributed by atoms with van der Waals surface area (Å²) < 4.78 is 43.1. The summed E-state index contributed by atoms with van der Waals surface area (Å²) >= 11 is 0. The Balaban J connectivity index is 2.38. The van der Waals surface area contributed by atoms with Crippen LogP contribution >= 0.6 is 0 Å². The Bertz CT molecular complexity index is 450. The van der Waals surface area contributed by atoms with Gasteiger partial charge in [-0.3, -0.25) is 4.79 Å². The van der Waals surface area contributed by atoms with Crippen molar-refractivity contribution < 1.29 is 22.7 Å². The molecule has 21 heavy (non-hydrogen) atoms. The van der Waals surface area contributed by atoms with Crippen molar-refractivity contribution in [3.8, 4) is 0 Å². The van der Waals surface area contributed by atoms with Gasteiger partial charge in [-0.1, -0.05) is 12.1 Å². The van der Waals surface area contributed by atoms with Crippen LogP contribution in [0.2, 0.25) is 0 Å². The first-order valence-electron chi connectivity index (χ1n) is 6.61. The number of rotatable bonds is 8. The van der Waals surface area contributed by atoms with Gasteiger partial charge in [-0.2, -0.15) is 13.2 Å². The minimum Gasteiger partial charge on any atom is -0.385 e. The van der Waals surface area contributed by atoms with Crippen LogP contribution in [0.1, 0.15) is 18.4 Å². The van der Waals surface area contributed by atoms with E-state index in [9.17, 15) is 18.0 Å². The number of anilines is 1. The van der Waals surface area contributed by atoms with Crippen LogP contribution in [0, 0.1) is 0 Å². The Labute approximate surface area is 121 Å². The second-order valence-electron chi connectivity index (χ2n) is 4.42. The highest BCUT2D eigenvalue weighted by molar-refractivity contribution is 5.76. The average molecular weight is 304 g/mol. The largest absolute Gasteiger partial charge is 0.418 e. The van der Waals surface area contributed by atoms with Gasteiger partial charge in [0.25, 0.3) is 0 Å². The summed E-state index contributed by atoms with van der Waals surface area (Å²) in [6, 6.07) is 5.20. The molecule has 1 aromatic rings. The van der Waals surface area contributed by atoms with Gasteiger partial charge in [0, 0.05) is 38.9 Å². The lowest BCUT2D eigenvalue weighted by Gasteiger charge is -2.14. The zero-order chi connectivity index (χ0) is 15.7. The maximum absolute atomic E-state index is 12.7. The summed E-state index contributed by atoms with van der Waals surface area (Å²) in [4.78, 5) is 11.5. The van der Waals surface area contributed by atoms with Gasteiger partial charge in [-0.05, 0) is 18.6 Å². The fourth-order valence-electron chi connectivity index (χ4n) is 1.73. The van der Waals surface area contributed by atoms with Crippen molar-refractivity contribution in [1.29, 1.82) is 0 Å². The van der Waals surface area contributed by atoms with E-state index in [1.807, 2.05) is 0 Å². The van der Waals surface area contributed by atoms with Crippen molar-refractivity contribution in [3.63, 3.8) is 0 Å². The first-order chi connectivity index (χ1) is 9.95. The van der Waals surface area contributed by atoms with E-state index in [2.05, 4.69) is 10.6 Å². The quantitative estimate of drug-likeness (QED) is 0.726. The Morgan fingerprint density at radius 1 is 1.24 bits per heavy atom. The summed E-state index contributed by atoms with van der Waals surface area (Å²) in [5, 5.41) is 5.31. The number of para-hydroxylation sites is 1. The summed E-state index contributed by atoms with van der Waals surface area (Å²) in [7, 11) is 1.57. The van der Waals surface area contributed by atoms with Crippen LogP contribution in [0.3, 0.4) is 0 Å². The molecule has 7 heteroatoms. The molecule has 0 aliphatic rings. The molecule has 1 amide bonds. The fraction of sp³-hybridized carbons (Fsp3) is 0.500. The van der Waals surface area contributed by atoms with Crippen molar-refractivity contribution in [2.24, 2.45) is 0 Å². The number of methoxy groups -OCH3 is 1. The molecule has 4 nitrogen and oxygen atoms in total.